The molecular weight excluding hydrogens is 340 g/mol. The first-order chi connectivity index (χ1) is 13.1. The number of carbonyl (C=O) groups excluding carboxylic acids is 1. The number of hydrogen-bond donors (Lipinski definition) is 2. The van der Waals surface area contributed by atoms with Crippen molar-refractivity contribution in [2.24, 2.45) is 0 Å². The van der Waals surface area contributed by atoms with Crippen molar-refractivity contribution in [1.82, 2.24) is 25.4 Å². The van der Waals surface area contributed by atoms with Crippen molar-refractivity contribution in [2.45, 2.75) is 39.5 Å². The number of amides is 2. The number of carbonyl (C=O) groups is 1. The number of piperidine rings is 1. The summed E-state index contributed by atoms with van der Waals surface area (Å²) >= 11 is 0. The largest absolute Gasteiger partial charge is 0.370 e. The minimum atomic E-state index is 0.00672. The first-order valence-electron chi connectivity index (χ1n) is 9.80. The van der Waals surface area contributed by atoms with E-state index in [4.69, 9.17) is 0 Å². The van der Waals surface area contributed by atoms with Gasteiger partial charge >= 0.3 is 6.03 Å². The highest BCUT2D eigenvalue weighted by atomic mass is 16.2. The van der Waals surface area contributed by atoms with Crippen LogP contribution in [-0.4, -0.2) is 58.8 Å². The summed E-state index contributed by atoms with van der Waals surface area (Å²) in [7, 11) is 0. The lowest BCUT2D eigenvalue weighted by Gasteiger charge is -2.32. The molecule has 1 atom stereocenters. The molecule has 2 aromatic rings. The van der Waals surface area contributed by atoms with E-state index >= 15 is 0 Å². The zero-order valence-corrected chi connectivity index (χ0v) is 16.5. The minimum absolute atomic E-state index is 0.00672. The van der Waals surface area contributed by atoms with Gasteiger partial charge in [0, 0.05) is 44.3 Å². The maximum atomic E-state index is 12.6. The summed E-state index contributed by atoms with van der Waals surface area (Å²) in [6.45, 7) is 9.94. The molecule has 0 saturated carbocycles. The summed E-state index contributed by atoms with van der Waals surface area (Å²) in [4.78, 5) is 21.2. The van der Waals surface area contributed by atoms with E-state index in [-0.39, 0.29) is 11.9 Å². The van der Waals surface area contributed by atoms with E-state index in [9.17, 15) is 4.79 Å². The van der Waals surface area contributed by atoms with E-state index in [1.165, 1.54) is 11.3 Å². The second-order valence-electron chi connectivity index (χ2n) is 7.21. The average molecular weight is 371 g/mol. The van der Waals surface area contributed by atoms with Crippen LogP contribution in [0.3, 0.4) is 0 Å². The van der Waals surface area contributed by atoms with Gasteiger partial charge in [0.05, 0.1) is 0 Å². The molecule has 1 saturated heterocycles. The van der Waals surface area contributed by atoms with Crippen molar-refractivity contribution >= 4 is 11.7 Å². The molecule has 0 bridgehead atoms. The molecule has 0 radical (unpaired) electrons. The highest BCUT2D eigenvalue weighted by molar-refractivity contribution is 5.74. The number of urea groups is 1. The van der Waals surface area contributed by atoms with E-state index in [2.05, 4.69) is 63.5 Å². The number of H-pyrrole nitrogens is 1. The van der Waals surface area contributed by atoms with Gasteiger partial charge in [-0.3, -0.25) is 5.10 Å². The second-order valence-corrected chi connectivity index (χ2v) is 7.21. The molecular formula is C20H30N6O. The van der Waals surface area contributed by atoms with Crippen LogP contribution in [-0.2, 0) is 0 Å². The molecule has 1 fully saturated rings. The third-order valence-corrected chi connectivity index (χ3v) is 5.09. The molecule has 1 aliphatic rings. The van der Waals surface area contributed by atoms with Gasteiger partial charge in [0.1, 0.15) is 5.82 Å². The first-order valence-corrected chi connectivity index (χ1v) is 9.80. The molecule has 27 heavy (non-hydrogen) atoms. The lowest BCUT2D eigenvalue weighted by atomic mass is 9.98. The summed E-state index contributed by atoms with van der Waals surface area (Å²) in [6, 6.07) is 8.48. The Morgan fingerprint density at radius 1 is 1.41 bits per heavy atom. The predicted octanol–water partition coefficient (Wildman–Crippen LogP) is 2.84. The van der Waals surface area contributed by atoms with Gasteiger partial charge in [0.2, 0.25) is 0 Å². The number of aromatic nitrogens is 3. The SMILES string of the molecule is CCN(CCNC(=O)N1CCCC(c2n[nH]c(C)n2)C1)c1cccc(C)c1. The Bertz CT molecular complexity index is 758. The van der Waals surface area contributed by atoms with Gasteiger partial charge in [0.15, 0.2) is 5.82 Å². The highest BCUT2D eigenvalue weighted by Crippen LogP contribution is 2.24. The molecule has 1 aromatic carbocycles. The normalized spacial score (nSPS) is 17.0. The molecule has 7 heteroatoms. The van der Waals surface area contributed by atoms with E-state index < -0.39 is 0 Å². The lowest BCUT2D eigenvalue weighted by Crippen LogP contribution is -2.47. The molecule has 1 aromatic heterocycles. The first kappa shape index (κ1) is 19.2. The number of rotatable bonds is 6. The Morgan fingerprint density at radius 2 is 2.26 bits per heavy atom. The third-order valence-electron chi connectivity index (χ3n) is 5.09. The quantitative estimate of drug-likeness (QED) is 0.820. The Balaban J connectivity index is 1.49. The number of nitrogens with one attached hydrogen (secondary N) is 2. The van der Waals surface area contributed by atoms with Crippen LogP contribution in [0.1, 0.15) is 42.9 Å². The van der Waals surface area contributed by atoms with Crippen molar-refractivity contribution in [3.63, 3.8) is 0 Å². The minimum Gasteiger partial charge on any atom is -0.370 e. The van der Waals surface area contributed by atoms with Crippen LogP contribution >= 0.6 is 0 Å². The van der Waals surface area contributed by atoms with Gasteiger partial charge in [-0.1, -0.05) is 12.1 Å². The Hall–Kier alpha value is -2.57. The topological polar surface area (TPSA) is 77.2 Å². The van der Waals surface area contributed by atoms with E-state index in [1.54, 1.807) is 0 Å². The fourth-order valence-corrected chi connectivity index (χ4v) is 3.62. The summed E-state index contributed by atoms with van der Waals surface area (Å²) in [5.41, 5.74) is 2.45. The molecule has 0 spiro atoms. The van der Waals surface area contributed by atoms with Crippen molar-refractivity contribution in [2.75, 3.05) is 37.6 Å². The monoisotopic (exact) mass is 370 g/mol. The van der Waals surface area contributed by atoms with E-state index in [1.807, 2.05) is 11.8 Å². The van der Waals surface area contributed by atoms with Crippen LogP contribution in [0.15, 0.2) is 24.3 Å². The van der Waals surface area contributed by atoms with Gasteiger partial charge in [-0.2, -0.15) is 5.10 Å². The smallest absolute Gasteiger partial charge is 0.317 e. The van der Waals surface area contributed by atoms with Crippen LogP contribution in [0.2, 0.25) is 0 Å². The zero-order chi connectivity index (χ0) is 19.2. The number of anilines is 1. The average Bonchev–Trinajstić information content (AvgIpc) is 3.11. The number of likely N-dealkylation sites (N-methyl/N-ethyl adjacent to an activating group) is 1. The Morgan fingerprint density at radius 3 is 2.96 bits per heavy atom. The van der Waals surface area contributed by atoms with Crippen LogP contribution in [0.25, 0.3) is 0 Å². The number of likely N-dealkylation sites (tertiary alicyclic amines) is 1. The van der Waals surface area contributed by atoms with E-state index in [0.29, 0.717) is 13.1 Å². The predicted molar refractivity (Wildman–Crippen MR) is 107 cm³/mol. The lowest BCUT2D eigenvalue weighted by molar-refractivity contribution is 0.178. The Kier molecular flexibility index (Phi) is 6.32. The standard InChI is InChI=1S/C20H30N6O/c1-4-25(18-9-5-7-15(2)13-18)12-10-21-20(27)26-11-6-8-17(14-26)19-22-16(3)23-24-19/h5,7,9,13,17H,4,6,8,10-12,14H2,1-3H3,(H,21,27)(H,22,23,24). The zero-order valence-electron chi connectivity index (χ0n) is 16.5. The molecule has 1 aliphatic heterocycles. The van der Waals surface area contributed by atoms with Crippen molar-refractivity contribution in [3.05, 3.63) is 41.5 Å². The Labute approximate surface area is 161 Å². The van der Waals surface area contributed by atoms with Gasteiger partial charge in [-0.15, -0.1) is 0 Å². The summed E-state index contributed by atoms with van der Waals surface area (Å²) < 4.78 is 0. The molecule has 2 amide bonds. The molecule has 2 heterocycles. The van der Waals surface area contributed by atoms with Crippen LogP contribution < -0.4 is 10.2 Å². The molecule has 2 N–H and O–H groups in total. The van der Waals surface area contributed by atoms with E-state index in [0.717, 1.165) is 44.1 Å². The summed E-state index contributed by atoms with van der Waals surface area (Å²) in [5, 5.41) is 10.2. The van der Waals surface area contributed by atoms with Gasteiger partial charge in [0.25, 0.3) is 0 Å². The maximum Gasteiger partial charge on any atom is 0.317 e. The molecule has 3 rings (SSSR count). The van der Waals surface area contributed by atoms with Crippen LogP contribution in [0, 0.1) is 13.8 Å². The summed E-state index contributed by atoms with van der Waals surface area (Å²) in [5.74, 6) is 1.86. The van der Waals surface area contributed by atoms with Crippen molar-refractivity contribution in [1.29, 1.82) is 0 Å². The molecule has 1 unspecified atom stereocenters. The highest BCUT2D eigenvalue weighted by Gasteiger charge is 2.27. The maximum absolute atomic E-state index is 12.6. The van der Waals surface area contributed by atoms with Crippen LogP contribution in [0.5, 0.6) is 0 Å². The molecule has 7 nitrogen and oxygen atoms in total. The fourth-order valence-electron chi connectivity index (χ4n) is 3.62. The van der Waals surface area contributed by atoms with Gasteiger partial charge in [-0.25, -0.2) is 9.78 Å². The number of aryl methyl sites for hydroxylation is 2. The van der Waals surface area contributed by atoms with Crippen LogP contribution in [0.4, 0.5) is 10.5 Å². The van der Waals surface area contributed by atoms with Gasteiger partial charge in [-0.05, 0) is 51.3 Å². The number of benzene rings is 1. The fraction of sp³-hybridized carbons (Fsp3) is 0.550. The van der Waals surface area contributed by atoms with Crippen molar-refractivity contribution < 1.29 is 4.79 Å². The third kappa shape index (κ3) is 4.99. The number of aromatic amines is 1. The number of nitrogens with zero attached hydrogens (tertiary/aromatic N) is 4. The molecule has 146 valence electrons. The molecule has 0 aliphatic carbocycles. The number of hydrogen-bond acceptors (Lipinski definition) is 4. The second kappa shape index (κ2) is 8.88. The van der Waals surface area contributed by atoms with Crippen molar-refractivity contribution in [3.8, 4) is 0 Å². The van der Waals surface area contributed by atoms with Gasteiger partial charge < -0.3 is 15.1 Å². The summed E-state index contributed by atoms with van der Waals surface area (Å²) in [6.07, 6.45) is 2.01.